The van der Waals surface area contributed by atoms with Crippen molar-refractivity contribution in [3.05, 3.63) is 95.6 Å². The van der Waals surface area contributed by atoms with Crippen LogP contribution in [0, 0.1) is 0 Å². The van der Waals surface area contributed by atoms with Crippen LogP contribution in [-0.4, -0.2) is 19.1 Å². The van der Waals surface area contributed by atoms with Crippen molar-refractivity contribution >= 4 is 6.03 Å². The standard InChI is InChI=1S/C25H28N2O3/c1-2-26-25(28)27-16-15-20-13-14-23(29-18-21-9-5-3-6-10-21)24(17-20)30-19-22-11-7-4-8-12-22/h3-14,17H,2,15-16,18-19H2,1H3,(H2,26,27,28). The van der Waals surface area contributed by atoms with Crippen LogP contribution >= 0.6 is 0 Å². The van der Waals surface area contributed by atoms with E-state index in [0.29, 0.717) is 44.2 Å². The van der Waals surface area contributed by atoms with Crippen LogP contribution in [-0.2, 0) is 19.6 Å². The van der Waals surface area contributed by atoms with E-state index >= 15 is 0 Å². The molecule has 3 aromatic carbocycles. The maximum Gasteiger partial charge on any atom is 0.314 e. The van der Waals surface area contributed by atoms with Crippen molar-refractivity contribution in [3.63, 3.8) is 0 Å². The number of carbonyl (C=O) groups excluding carboxylic acids is 1. The maximum absolute atomic E-state index is 11.6. The molecule has 2 N–H and O–H groups in total. The van der Waals surface area contributed by atoms with Gasteiger partial charge < -0.3 is 20.1 Å². The molecule has 0 aliphatic rings. The van der Waals surface area contributed by atoms with Crippen LogP contribution in [0.1, 0.15) is 23.6 Å². The lowest BCUT2D eigenvalue weighted by atomic mass is 10.1. The van der Waals surface area contributed by atoms with Gasteiger partial charge >= 0.3 is 6.03 Å². The molecule has 0 unspecified atom stereocenters. The molecular formula is C25H28N2O3. The molecule has 0 bridgehead atoms. The third-order valence-corrected chi connectivity index (χ3v) is 4.52. The lowest BCUT2D eigenvalue weighted by Gasteiger charge is -2.15. The molecule has 0 heterocycles. The fraction of sp³-hybridized carbons (Fsp3) is 0.240. The van der Waals surface area contributed by atoms with Crippen molar-refractivity contribution in [2.24, 2.45) is 0 Å². The van der Waals surface area contributed by atoms with Crippen molar-refractivity contribution in [3.8, 4) is 11.5 Å². The van der Waals surface area contributed by atoms with Crippen molar-refractivity contribution < 1.29 is 14.3 Å². The number of hydrogen-bond acceptors (Lipinski definition) is 3. The molecule has 0 spiro atoms. The number of amides is 2. The Bertz CT molecular complexity index is 914. The first-order chi connectivity index (χ1) is 14.7. The molecule has 0 aliphatic heterocycles. The van der Waals surface area contributed by atoms with Gasteiger partial charge in [-0.1, -0.05) is 66.7 Å². The van der Waals surface area contributed by atoms with Gasteiger partial charge in [-0.05, 0) is 42.2 Å². The van der Waals surface area contributed by atoms with Gasteiger partial charge in [0.25, 0.3) is 0 Å². The molecule has 0 aromatic heterocycles. The fourth-order valence-corrected chi connectivity index (χ4v) is 2.95. The van der Waals surface area contributed by atoms with Crippen LogP contribution in [0.5, 0.6) is 11.5 Å². The highest BCUT2D eigenvalue weighted by atomic mass is 16.5. The van der Waals surface area contributed by atoms with E-state index in [2.05, 4.69) is 10.6 Å². The number of ether oxygens (including phenoxy) is 2. The second kappa shape index (κ2) is 11.5. The summed E-state index contributed by atoms with van der Waals surface area (Å²) in [6, 6.07) is 25.9. The lowest BCUT2D eigenvalue weighted by Crippen LogP contribution is -2.36. The lowest BCUT2D eigenvalue weighted by molar-refractivity contribution is 0.241. The molecule has 3 aromatic rings. The summed E-state index contributed by atoms with van der Waals surface area (Å²) in [5, 5.41) is 5.58. The molecule has 5 nitrogen and oxygen atoms in total. The minimum absolute atomic E-state index is 0.152. The number of urea groups is 1. The van der Waals surface area contributed by atoms with Gasteiger partial charge in [0.2, 0.25) is 0 Å². The third-order valence-electron chi connectivity index (χ3n) is 4.52. The predicted octanol–water partition coefficient (Wildman–Crippen LogP) is 4.71. The van der Waals surface area contributed by atoms with E-state index < -0.39 is 0 Å². The summed E-state index contributed by atoms with van der Waals surface area (Å²) >= 11 is 0. The van der Waals surface area contributed by atoms with Crippen LogP contribution in [0.15, 0.2) is 78.9 Å². The minimum Gasteiger partial charge on any atom is -0.485 e. The molecule has 156 valence electrons. The van der Waals surface area contributed by atoms with Gasteiger partial charge in [-0.15, -0.1) is 0 Å². The topological polar surface area (TPSA) is 59.6 Å². The monoisotopic (exact) mass is 404 g/mol. The highest BCUT2D eigenvalue weighted by Crippen LogP contribution is 2.30. The average molecular weight is 405 g/mol. The normalized spacial score (nSPS) is 10.3. The van der Waals surface area contributed by atoms with E-state index in [0.717, 1.165) is 16.7 Å². The second-order valence-corrected chi connectivity index (χ2v) is 6.87. The van der Waals surface area contributed by atoms with Crippen LogP contribution in [0.3, 0.4) is 0 Å². The minimum atomic E-state index is -0.152. The van der Waals surface area contributed by atoms with Crippen molar-refractivity contribution in [1.82, 2.24) is 10.6 Å². The molecule has 5 heteroatoms. The van der Waals surface area contributed by atoms with Gasteiger partial charge in [-0.2, -0.15) is 0 Å². The predicted molar refractivity (Wildman–Crippen MR) is 119 cm³/mol. The summed E-state index contributed by atoms with van der Waals surface area (Å²) in [6.07, 6.45) is 0.706. The second-order valence-electron chi connectivity index (χ2n) is 6.87. The number of hydrogen-bond donors (Lipinski definition) is 2. The molecule has 0 aliphatic carbocycles. The molecule has 2 amide bonds. The first-order valence-electron chi connectivity index (χ1n) is 10.2. The third kappa shape index (κ3) is 6.85. The number of carbonyl (C=O) groups is 1. The Balaban J connectivity index is 1.67. The summed E-state index contributed by atoms with van der Waals surface area (Å²) in [7, 11) is 0. The zero-order chi connectivity index (χ0) is 21.0. The van der Waals surface area contributed by atoms with Crippen LogP contribution < -0.4 is 20.1 Å². The van der Waals surface area contributed by atoms with Crippen molar-refractivity contribution in [2.45, 2.75) is 26.6 Å². The van der Waals surface area contributed by atoms with Gasteiger partial charge in [-0.3, -0.25) is 0 Å². The van der Waals surface area contributed by atoms with Crippen LogP contribution in [0.2, 0.25) is 0 Å². The molecule has 0 fully saturated rings. The summed E-state index contributed by atoms with van der Waals surface area (Å²) < 4.78 is 12.1. The van der Waals surface area contributed by atoms with E-state index in [1.807, 2.05) is 85.8 Å². The zero-order valence-electron chi connectivity index (χ0n) is 17.3. The van der Waals surface area contributed by atoms with E-state index in [1.165, 1.54) is 0 Å². The number of nitrogens with one attached hydrogen (secondary N) is 2. The SMILES string of the molecule is CCNC(=O)NCCc1ccc(OCc2ccccc2)c(OCc2ccccc2)c1. The van der Waals surface area contributed by atoms with Crippen molar-refractivity contribution in [2.75, 3.05) is 13.1 Å². The Kier molecular flexibility index (Phi) is 8.15. The Morgan fingerprint density at radius 1 is 0.733 bits per heavy atom. The fourth-order valence-electron chi connectivity index (χ4n) is 2.95. The Hall–Kier alpha value is -3.47. The number of rotatable bonds is 10. The van der Waals surface area contributed by atoms with Crippen molar-refractivity contribution in [1.29, 1.82) is 0 Å². The van der Waals surface area contributed by atoms with Gasteiger partial charge in [-0.25, -0.2) is 4.79 Å². The zero-order valence-corrected chi connectivity index (χ0v) is 17.3. The molecule has 0 atom stereocenters. The van der Waals surface area contributed by atoms with Gasteiger partial charge in [0.05, 0.1) is 0 Å². The average Bonchev–Trinajstić information content (AvgIpc) is 2.78. The van der Waals surface area contributed by atoms with E-state index in [9.17, 15) is 4.79 Å². The van der Waals surface area contributed by atoms with Gasteiger partial charge in [0.1, 0.15) is 13.2 Å². The van der Waals surface area contributed by atoms with E-state index in [4.69, 9.17) is 9.47 Å². The molecular weight excluding hydrogens is 376 g/mol. The van der Waals surface area contributed by atoms with E-state index in [-0.39, 0.29) is 6.03 Å². The summed E-state index contributed by atoms with van der Waals surface area (Å²) in [5.41, 5.74) is 3.26. The smallest absolute Gasteiger partial charge is 0.314 e. The molecule has 3 rings (SSSR count). The Labute approximate surface area is 178 Å². The summed E-state index contributed by atoms with van der Waals surface area (Å²) in [6.45, 7) is 3.98. The molecule has 0 radical (unpaired) electrons. The highest BCUT2D eigenvalue weighted by molar-refractivity contribution is 5.73. The Morgan fingerprint density at radius 3 is 1.93 bits per heavy atom. The summed E-state index contributed by atoms with van der Waals surface area (Å²) in [5.74, 6) is 1.40. The highest BCUT2D eigenvalue weighted by Gasteiger charge is 2.09. The summed E-state index contributed by atoms with van der Waals surface area (Å²) in [4.78, 5) is 11.6. The van der Waals surface area contributed by atoms with E-state index in [1.54, 1.807) is 0 Å². The van der Waals surface area contributed by atoms with Gasteiger partial charge in [0.15, 0.2) is 11.5 Å². The molecule has 0 saturated heterocycles. The molecule has 0 saturated carbocycles. The number of benzene rings is 3. The van der Waals surface area contributed by atoms with Crippen LogP contribution in [0.25, 0.3) is 0 Å². The van der Waals surface area contributed by atoms with Crippen LogP contribution in [0.4, 0.5) is 4.79 Å². The Morgan fingerprint density at radius 2 is 1.33 bits per heavy atom. The largest absolute Gasteiger partial charge is 0.485 e. The molecule has 30 heavy (non-hydrogen) atoms. The quantitative estimate of drug-likeness (QED) is 0.515. The van der Waals surface area contributed by atoms with Gasteiger partial charge in [0, 0.05) is 13.1 Å². The first kappa shape index (κ1) is 21.2. The maximum atomic E-state index is 11.6. The first-order valence-corrected chi connectivity index (χ1v) is 10.2.